The van der Waals surface area contributed by atoms with Crippen molar-refractivity contribution in [1.82, 2.24) is 19.2 Å². The molecule has 7 nitrogen and oxygen atoms in total. The van der Waals surface area contributed by atoms with E-state index >= 15 is 0 Å². The molecule has 6 rings (SSSR count). The zero-order chi connectivity index (χ0) is 32.6. The van der Waals surface area contributed by atoms with Crippen molar-refractivity contribution in [3.8, 4) is 6.07 Å². The maximum absolute atomic E-state index is 12.7. The highest BCUT2D eigenvalue weighted by Gasteiger charge is 2.38. The zero-order valence-corrected chi connectivity index (χ0v) is 27.0. The Bertz CT molecular complexity index is 1630. The summed E-state index contributed by atoms with van der Waals surface area (Å²) in [5, 5.41) is 25.3. The molecule has 1 saturated heterocycles. The molecule has 2 fully saturated rings. The molecule has 3 N–H and O–H groups in total. The maximum Gasteiger partial charge on any atom is 0.301 e. The van der Waals surface area contributed by atoms with Gasteiger partial charge in [-0.1, -0.05) is 66.6 Å². The molecule has 10 heteroatoms. The van der Waals surface area contributed by atoms with Crippen LogP contribution in [0.5, 0.6) is 0 Å². The van der Waals surface area contributed by atoms with Crippen molar-refractivity contribution in [2.75, 3.05) is 13.1 Å². The highest BCUT2D eigenvalue weighted by atomic mass is 32.2. The summed E-state index contributed by atoms with van der Waals surface area (Å²) in [6, 6.07) is 18.0. The van der Waals surface area contributed by atoms with Crippen molar-refractivity contribution in [2.45, 2.75) is 75.8 Å². The van der Waals surface area contributed by atoms with E-state index in [1.54, 1.807) is 12.1 Å². The molecule has 1 aliphatic carbocycles. The van der Waals surface area contributed by atoms with Gasteiger partial charge in [0.1, 0.15) is 5.49 Å². The summed E-state index contributed by atoms with van der Waals surface area (Å²) in [6.07, 6.45) is 12.3. The Morgan fingerprint density at radius 3 is 2.56 bits per heavy atom. The van der Waals surface area contributed by atoms with Gasteiger partial charge in [-0.2, -0.15) is 14.0 Å². The van der Waals surface area contributed by atoms with Crippen LogP contribution in [-0.2, 0) is 13.0 Å². The summed E-state index contributed by atoms with van der Waals surface area (Å²) in [4.78, 5) is 6.18. The first kappa shape index (κ1) is 34.1. The van der Waals surface area contributed by atoms with E-state index in [0.29, 0.717) is 18.4 Å². The van der Waals surface area contributed by atoms with E-state index in [-0.39, 0.29) is 16.2 Å². The Balaban J connectivity index is 0.000000227. The summed E-state index contributed by atoms with van der Waals surface area (Å²) in [7, 11) is -0.153. The van der Waals surface area contributed by atoms with Crippen LogP contribution >= 0.6 is 10.7 Å². The number of pyridine rings is 2. The lowest BCUT2D eigenvalue weighted by Gasteiger charge is -2.39. The summed E-state index contributed by atoms with van der Waals surface area (Å²) >= 11 is 0. The first-order valence-corrected chi connectivity index (χ1v) is 16.6. The minimum Gasteiger partial charge on any atom is -0.307 e. The van der Waals surface area contributed by atoms with E-state index in [9.17, 15) is 8.78 Å². The van der Waals surface area contributed by atoms with Gasteiger partial charge in [0.15, 0.2) is 5.84 Å². The van der Waals surface area contributed by atoms with Crippen LogP contribution in [0.2, 0.25) is 0 Å². The molecule has 1 saturated carbocycles. The van der Waals surface area contributed by atoms with Crippen molar-refractivity contribution in [3.05, 3.63) is 101 Å². The number of aromatic nitrogens is 2. The SMILES string of the molecule is C=CC#N.C=S1c2cccnc2CC2(CCCCC2)CN1Cc1cc(C2CN2)ccc1C.CC(F)(F)C(=N)n1ccccc1=N. The van der Waals surface area contributed by atoms with E-state index in [2.05, 4.69) is 59.3 Å². The van der Waals surface area contributed by atoms with Crippen molar-refractivity contribution in [1.29, 1.82) is 16.1 Å². The Morgan fingerprint density at radius 2 is 1.93 bits per heavy atom. The molecule has 0 amide bonds. The number of fused-ring (bicyclic) bond motifs is 1. The minimum atomic E-state index is -3.22. The number of benzene rings is 1. The highest BCUT2D eigenvalue weighted by Crippen LogP contribution is 2.48. The molecule has 2 aromatic heterocycles. The number of nitrogens with zero attached hydrogens (tertiary/aromatic N) is 4. The molecule has 3 aromatic rings. The molecule has 0 bridgehead atoms. The maximum atomic E-state index is 12.7. The normalized spacial score (nSPS) is 20.2. The van der Waals surface area contributed by atoms with Crippen molar-refractivity contribution < 1.29 is 8.78 Å². The molecule has 0 radical (unpaired) electrons. The van der Waals surface area contributed by atoms with Gasteiger partial charge in [0.25, 0.3) is 0 Å². The fraction of sp³-hybridized carbons (Fsp3) is 0.400. The van der Waals surface area contributed by atoms with Crippen LogP contribution in [-0.4, -0.2) is 44.6 Å². The molecular weight excluding hydrogens is 588 g/mol. The number of allylic oxidation sites excluding steroid dienone is 1. The van der Waals surface area contributed by atoms with Crippen molar-refractivity contribution in [2.24, 2.45) is 5.41 Å². The molecule has 2 aliphatic heterocycles. The number of nitriles is 1. The summed E-state index contributed by atoms with van der Waals surface area (Å²) < 4.78 is 28.8. The van der Waals surface area contributed by atoms with Crippen LogP contribution in [0.3, 0.4) is 0 Å². The fourth-order valence-electron chi connectivity index (χ4n) is 5.96. The number of hydrogen-bond donors (Lipinski definition) is 3. The van der Waals surface area contributed by atoms with E-state index < -0.39 is 11.8 Å². The number of alkyl halides is 2. The molecule has 1 aromatic carbocycles. The molecule has 3 aliphatic rings. The largest absolute Gasteiger partial charge is 0.307 e. The average Bonchev–Trinajstić information content (AvgIpc) is 3.88. The van der Waals surface area contributed by atoms with Gasteiger partial charge >= 0.3 is 5.92 Å². The number of rotatable bonds is 4. The van der Waals surface area contributed by atoms with Crippen LogP contribution < -0.4 is 10.8 Å². The Labute approximate surface area is 267 Å². The topological polar surface area (TPSA) is 114 Å². The van der Waals surface area contributed by atoms with Crippen LogP contribution in [0.25, 0.3) is 0 Å². The molecule has 238 valence electrons. The highest BCUT2D eigenvalue weighted by molar-refractivity contribution is 8.12. The van der Waals surface area contributed by atoms with Crippen LogP contribution in [0.15, 0.2) is 78.5 Å². The van der Waals surface area contributed by atoms with E-state index in [1.165, 1.54) is 83.8 Å². The smallest absolute Gasteiger partial charge is 0.301 e. The van der Waals surface area contributed by atoms with Gasteiger partial charge in [-0.3, -0.25) is 20.4 Å². The quantitative estimate of drug-likeness (QED) is 0.0932. The lowest BCUT2D eigenvalue weighted by molar-refractivity contribution is 0.0951. The fourth-order valence-corrected chi connectivity index (χ4v) is 7.59. The lowest BCUT2D eigenvalue weighted by Crippen LogP contribution is -2.37. The van der Waals surface area contributed by atoms with Crippen molar-refractivity contribution in [3.63, 3.8) is 0 Å². The van der Waals surface area contributed by atoms with Gasteiger partial charge in [0, 0.05) is 56.0 Å². The molecule has 45 heavy (non-hydrogen) atoms. The number of nitrogens with one attached hydrogen (secondary N) is 3. The van der Waals surface area contributed by atoms with Gasteiger partial charge in [0.05, 0.1) is 11.8 Å². The third-order valence-electron chi connectivity index (χ3n) is 8.52. The van der Waals surface area contributed by atoms with Crippen LogP contribution in [0, 0.1) is 34.5 Å². The molecule has 4 heterocycles. The van der Waals surface area contributed by atoms with Gasteiger partial charge in [-0.15, -0.1) is 0 Å². The van der Waals surface area contributed by atoms with E-state index in [1.807, 2.05) is 6.20 Å². The summed E-state index contributed by atoms with van der Waals surface area (Å²) in [5.74, 6) is 0.544. The second kappa shape index (κ2) is 15.0. The number of hydrogen-bond acceptors (Lipinski definition) is 6. The summed E-state index contributed by atoms with van der Waals surface area (Å²) in [5.41, 5.74) is 5.85. The second-order valence-corrected chi connectivity index (χ2v) is 13.7. The Morgan fingerprint density at radius 1 is 1.22 bits per heavy atom. The third-order valence-corrected chi connectivity index (χ3v) is 10.3. The minimum absolute atomic E-state index is 0.131. The van der Waals surface area contributed by atoms with Crippen LogP contribution in [0.1, 0.15) is 67.5 Å². The molecule has 2 unspecified atom stereocenters. The van der Waals surface area contributed by atoms with Gasteiger partial charge in [-0.25, -0.2) is 4.31 Å². The van der Waals surface area contributed by atoms with E-state index in [0.717, 1.165) is 30.6 Å². The van der Waals surface area contributed by atoms with Gasteiger partial charge < -0.3 is 5.32 Å². The first-order valence-electron chi connectivity index (χ1n) is 15.2. The summed E-state index contributed by atoms with van der Waals surface area (Å²) in [6.45, 7) is 9.27. The van der Waals surface area contributed by atoms with E-state index in [4.69, 9.17) is 21.1 Å². The second-order valence-electron chi connectivity index (χ2n) is 12.0. The molecule has 2 atom stereocenters. The number of halogens is 2. The van der Waals surface area contributed by atoms with Crippen molar-refractivity contribution >= 4 is 22.4 Å². The molecular formula is C35H43F2N7S. The van der Waals surface area contributed by atoms with Crippen LogP contribution in [0.4, 0.5) is 8.78 Å². The Kier molecular flexibility index (Phi) is 11.4. The predicted molar refractivity (Wildman–Crippen MR) is 179 cm³/mol. The zero-order valence-electron chi connectivity index (χ0n) is 26.2. The lowest BCUT2D eigenvalue weighted by atomic mass is 9.71. The first-order chi connectivity index (χ1) is 21.5. The Hall–Kier alpha value is -3.78. The predicted octanol–water partition coefficient (Wildman–Crippen LogP) is 7.16. The molecule has 1 spiro atoms. The standard InChI is InChI=1S/C24H31N3S.C8H9F2N3.C3H3N/c1-18-8-9-19(22-15-26-22)13-20(18)16-27-17-24(10-4-3-5-11-24)14-21-23(28(27)2)7-6-12-25-21;1-8(9,10)7(12)13-5-3-2-4-6(13)11;1-2-3-4/h6-9,12-13,22,26H,2-5,10-11,14-17H2,1H3;2-5,11-12H,1H3;2H,1H2. The van der Waals surface area contributed by atoms with Gasteiger partial charge in [0.2, 0.25) is 0 Å². The van der Waals surface area contributed by atoms with Gasteiger partial charge in [-0.05, 0) is 72.6 Å². The third kappa shape index (κ3) is 8.91. The monoisotopic (exact) mass is 631 g/mol. The average molecular weight is 632 g/mol. The number of aryl methyl sites for hydroxylation is 1.